The zero-order valence-corrected chi connectivity index (χ0v) is 6.07. The van der Waals surface area contributed by atoms with Gasteiger partial charge in [-0.1, -0.05) is 11.6 Å². The van der Waals surface area contributed by atoms with Gasteiger partial charge in [-0.25, -0.2) is 0 Å². The average Bonchev–Trinajstić information content (AvgIpc) is 1.86. The van der Waals surface area contributed by atoms with Gasteiger partial charge in [-0.3, -0.25) is 5.32 Å². The van der Waals surface area contributed by atoms with Crippen molar-refractivity contribution in [3.05, 3.63) is 0 Å². The van der Waals surface area contributed by atoms with Crippen molar-refractivity contribution in [2.75, 3.05) is 12.3 Å². The normalized spacial score (nSPS) is 29.6. The average molecular weight is 160 g/mol. The molecule has 0 bridgehead atoms. The van der Waals surface area contributed by atoms with Gasteiger partial charge < -0.3 is 0 Å². The van der Waals surface area contributed by atoms with E-state index in [0.29, 0.717) is 0 Å². The van der Waals surface area contributed by atoms with Gasteiger partial charge in [0.1, 0.15) is 4.83 Å². The van der Waals surface area contributed by atoms with Crippen molar-refractivity contribution in [2.24, 2.45) is 0 Å². The van der Waals surface area contributed by atoms with E-state index in [-0.39, 0.29) is 17.2 Å². The van der Waals surface area contributed by atoms with E-state index in [2.05, 4.69) is 5.32 Å². The number of halogens is 2. The van der Waals surface area contributed by atoms with Gasteiger partial charge in [0, 0.05) is 12.3 Å². The van der Waals surface area contributed by atoms with Gasteiger partial charge in [0.15, 0.2) is 0 Å². The summed E-state index contributed by atoms with van der Waals surface area (Å²) < 4.78 is 0. The zero-order valence-electron chi connectivity index (χ0n) is 3.69. The Bertz CT molecular complexity index is 46.2. The van der Waals surface area contributed by atoms with Gasteiger partial charge in [-0.15, -0.1) is 24.2 Å². The van der Waals surface area contributed by atoms with Crippen LogP contribution in [-0.4, -0.2) is 17.1 Å². The van der Waals surface area contributed by atoms with E-state index >= 15 is 0 Å². The first-order valence-electron chi connectivity index (χ1n) is 1.88. The molecular formula is C3H7Cl2NS. The Kier molecular flexibility index (Phi) is 4.33. The number of hydrogen-bond donors (Lipinski definition) is 1. The molecule has 1 aliphatic heterocycles. The number of alkyl halides is 1. The highest BCUT2D eigenvalue weighted by molar-refractivity contribution is 8.01. The fourth-order valence-electron chi connectivity index (χ4n) is 0.394. The molecule has 0 aromatic carbocycles. The summed E-state index contributed by atoms with van der Waals surface area (Å²) in [7, 11) is 0. The third kappa shape index (κ3) is 2.65. The van der Waals surface area contributed by atoms with Crippen molar-refractivity contribution >= 4 is 35.8 Å². The van der Waals surface area contributed by atoms with Gasteiger partial charge in [0.05, 0.1) is 0 Å². The van der Waals surface area contributed by atoms with E-state index in [1.807, 2.05) is 0 Å². The van der Waals surface area contributed by atoms with Crippen molar-refractivity contribution < 1.29 is 0 Å². The molecule has 0 radical (unpaired) electrons. The summed E-state index contributed by atoms with van der Waals surface area (Å²) in [5, 5.41) is 3.05. The van der Waals surface area contributed by atoms with E-state index in [9.17, 15) is 0 Å². The maximum atomic E-state index is 5.56. The van der Waals surface area contributed by atoms with Gasteiger partial charge in [-0.05, 0) is 0 Å². The third-order valence-electron chi connectivity index (χ3n) is 0.671. The summed E-state index contributed by atoms with van der Waals surface area (Å²) in [5.41, 5.74) is 0. The molecule has 1 aliphatic rings. The molecule has 7 heavy (non-hydrogen) atoms. The molecule has 0 saturated carbocycles. The highest BCUT2D eigenvalue weighted by Gasteiger charge is 2.08. The van der Waals surface area contributed by atoms with Gasteiger partial charge in [0.2, 0.25) is 0 Å². The monoisotopic (exact) mass is 159 g/mol. The van der Waals surface area contributed by atoms with Crippen LogP contribution in [0, 0.1) is 0 Å². The standard InChI is InChI=1S/C3H6ClNS.ClH/c4-3-5-1-2-6-3;/h3,5H,1-2H2;1H. The second kappa shape index (κ2) is 3.84. The van der Waals surface area contributed by atoms with Crippen LogP contribution >= 0.6 is 35.8 Å². The van der Waals surface area contributed by atoms with Crippen LogP contribution in [0.5, 0.6) is 0 Å². The van der Waals surface area contributed by atoms with Crippen LogP contribution in [0.25, 0.3) is 0 Å². The molecule has 1 atom stereocenters. The van der Waals surface area contributed by atoms with Crippen LogP contribution < -0.4 is 5.32 Å². The van der Waals surface area contributed by atoms with Crippen LogP contribution in [-0.2, 0) is 0 Å². The second-order valence-corrected chi connectivity index (χ2v) is 3.05. The van der Waals surface area contributed by atoms with Crippen molar-refractivity contribution in [1.29, 1.82) is 0 Å². The number of nitrogens with one attached hydrogen (secondary N) is 1. The van der Waals surface area contributed by atoms with Crippen molar-refractivity contribution in [3.63, 3.8) is 0 Å². The van der Waals surface area contributed by atoms with Crippen LogP contribution in [0.3, 0.4) is 0 Å². The summed E-state index contributed by atoms with van der Waals surface area (Å²) in [6.07, 6.45) is 0. The lowest BCUT2D eigenvalue weighted by atomic mass is 10.8. The molecule has 1 fully saturated rings. The van der Waals surface area contributed by atoms with Gasteiger partial charge >= 0.3 is 0 Å². The highest BCUT2D eigenvalue weighted by atomic mass is 35.5. The van der Waals surface area contributed by atoms with Crippen LogP contribution in [0.2, 0.25) is 0 Å². The third-order valence-corrected chi connectivity index (χ3v) is 2.10. The minimum atomic E-state index is 0. The van der Waals surface area contributed by atoms with Crippen molar-refractivity contribution in [2.45, 2.75) is 4.83 Å². The fourth-order valence-corrected chi connectivity index (χ4v) is 1.45. The summed E-state index contributed by atoms with van der Waals surface area (Å²) in [5.74, 6) is 1.16. The Balaban J connectivity index is 0.000000360. The van der Waals surface area contributed by atoms with Crippen molar-refractivity contribution in [3.8, 4) is 0 Å². The fraction of sp³-hybridized carbons (Fsp3) is 1.00. The Labute approximate surface area is 58.6 Å². The number of rotatable bonds is 0. The molecule has 44 valence electrons. The Morgan fingerprint density at radius 1 is 1.71 bits per heavy atom. The molecule has 1 unspecified atom stereocenters. The lowest BCUT2D eigenvalue weighted by Gasteiger charge is -1.91. The molecule has 1 heterocycles. The SMILES string of the molecule is Cl.ClC1NCCS1. The molecule has 0 aliphatic carbocycles. The second-order valence-electron chi connectivity index (χ2n) is 1.14. The van der Waals surface area contributed by atoms with E-state index in [1.54, 1.807) is 11.8 Å². The molecule has 0 amide bonds. The molecule has 1 saturated heterocycles. The smallest absolute Gasteiger partial charge is 0.129 e. The predicted octanol–water partition coefficient (Wildman–Crippen LogP) is 1.27. The summed E-state index contributed by atoms with van der Waals surface area (Å²) >= 11 is 7.32. The Morgan fingerprint density at radius 3 is 2.57 bits per heavy atom. The van der Waals surface area contributed by atoms with Gasteiger partial charge in [-0.2, -0.15) is 0 Å². The highest BCUT2D eigenvalue weighted by Crippen LogP contribution is 2.15. The molecule has 1 N–H and O–H groups in total. The van der Waals surface area contributed by atoms with E-state index in [1.165, 1.54) is 0 Å². The van der Waals surface area contributed by atoms with Crippen LogP contribution in [0.4, 0.5) is 0 Å². The molecule has 0 aromatic rings. The number of thioether (sulfide) groups is 1. The largest absolute Gasteiger partial charge is 0.292 e. The topological polar surface area (TPSA) is 12.0 Å². The molecule has 4 heteroatoms. The maximum absolute atomic E-state index is 5.56. The lowest BCUT2D eigenvalue weighted by molar-refractivity contribution is 0.848. The van der Waals surface area contributed by atoms with E-state index in [4.69, 9.17) is 11.6 Å². The predicted molar refractivity (Wildman–Crippen MR) is 37.3 cm³/mol. The summed E-state index contributed by atoms with van der Waals surface area (Å²) in [4.78, 5) is 0.185. The zero-order chi connectivity index (χ0) is 4.41. The molecule has 1 nitrogen and oxygen atoms in total. The first-order valence-corrected chi connectivity index (χ1v) is 3.37. The molecule has 0 spiro atoms. The quantitative estimate of drug-likeness (QED) is 0.423. The molecule has 1 rings (SSSR count). The lowest BCUT2D eigenvalue weighted by Crippen LogP contribution is -2.12. The Hall–Kier alpha value is 0.890. The number of hydrogen-bond acceptors (Lipinski definition) is 2. The minimum Gasteiger partial charge on any atom is -0.292 e. The van der Waals surface area contributed by atoms with Crippen molar-refractivity contribution in [1.82, 2.24) is 5.32 Å². The Morgan fingerprint density at radius 2 is 2.43 bits per heavy atom. The summed E-state index contributed by atoms with van der Waals surface area (Å²) in [6, 6.07) is 0. The van der Waals surface area contributed by atoms with Crippen LogP contribution in [0.1, 0.15) is 0 Å². The first-order chi connectivity index (χ1) is 2.89. The van der Waals surface area contributed by atoms with E-state index < -0.39 is 0 Å². The first kappa shape index (κ1) is 7.89. The maximum Gasteiger partial charge on any atom is 0.129 e. The molecule has 0 aromatic heterocycles. The van der Waals surface area contributed by atoms with Crippen LogP contribution in [0.15, 0.2) is 0 Å². The molecular weight excluding hydrogens is 153 g/mol. The summed E-state index contributed by atoms with van der Waals surface area (Å²) in [6.45, 7) is 1.07. The van der Waals surface area contributed by atoms with E-state index in [0.717, 1.165) is 12.3 Å². The minimum absolute atomic E-state index is 0. The van der Waals surface area contributed by atoms with Gasteiger partial charge in [0.25, 0.3) is 0 Å².